The van der Waals surface area contributed by atoms with E-state index in [0.29, 0.717) is 5.75 Å². The van der Waals surface area contributed by atoms with Crippen LogP contribution in [0.4, 0.5) is 0 Å². The lowest BCUT2D eigenvalue weighted by molar-refractivity contribution is -0.135. The van der Waals surface area contributed by atoms with Gasteiger partial charge in [0, 0.05) is 3.57 Å². The summed E-state index contributed by atoms with van der Waals surface area (Å²) in [7, 11) is 2.61. The summed E-state index contributed by atoms with van der Waals surface area (Å²) >= 11 is 2.05. The van der Waals surface area contributed by atoms with Crippen LogP contribution in [0.2, 0.25) is 0 Å². The second kappa shape index (κ2) is 5.11. The molecule has 0 atom stereocenters. The monoisotopic (exact) mass is 320 g/mol. The molecule has 5 heteroatoms. The van der Waals surface area contributed by atoms with Crippen LogP contribution in [0, 0.1) is 3.57 Å². The molecule has 0 spiro atoms. The molecule has 0 N–H and O–H groups in total. The number of esters is 1. The molecule has 0 aliphatic heterocycles. The summed E-state index contributed by atoms with van der Waals surface area (Å²) in [6, 6.07) is 5.00. The van der Waals surface area contributed by atoms with Crippen LogP contribution in [0.15, 0.2) is 18.2 Å². The number of rotatable bonds is 3. The van der Waals surface area contributed by atoms with Crippen LogP contribution in [0.1, 0.15) is 10.4 Å². The molecule has 1 rings (SSSR count). The van der Waals surface area contributed by atoms with Gasteiger partial charge in [0.1, 0.15) is 5.75 Å². The van der Waals surface area contributed by atoms with Crippen LogP contribution in [0.3, 0.4) is 0 Å². The highest BCUT2D eigenvalue weighted by Crippen LogP contribution is 2.21. The molecular weight excluding hydrogens is 311 g/mol. The maximum Gasteiger partial charge on any atom is 0.379 e. The van der Waals surface area contributed by atoms with Gasteiger partial charge in [-0.25, -0.2) is 4.79 Å². The van der Waals surface area contributed by atoms with E-state index < -0.39 is 11.8 Å². The van der Waals surface area contributed by atoms with Crippen molar-refractivity contribution in [3.63, 3.8) is 0 Å². The molecule has 1 aromatic rings. The summed E-state index contributed by atoms with van der Waals surface area (Å²) in [6.07, 6.45) is 0. The first-order valence-corrected chi connectivity index (χ1v) is 5.14. The Morgan fingerprint density at radius 2 is 1.93 bits per heavy atom. The highest BCUT2D eigenvalue weighted by molar-refractivity contribution is 14.1. The summed E-state index contributed by atoms with van der Waals surface area (Å²) in [5, 5.41) is 0. The Hall–Kier alpha value is -1.11. The van der Waals surface area contributed by atoms with Crippen molar-refractivity contribution in [2.75, 3.05) is 14.2 Å². The smallest absolute Gasteiger partial charge is 0.379 e. The summed E-state index contributed by atoms with van der Waals surface area (Å²) in [5.41, 5.74) is 0.219. The number of carbonyl (C=O) groups excluding carboxylic acids is 2. The number of methoxy groups -OCH3 is 2. The zero-order chi connectivity index (χ0) is 11.4. The molecular formula is C10H9IO4. The SMILES string of the molecule is COC(=O)C(=O)c1cc(I)ccc1OC. The first-order chi connectivity index (χ1) is 7.10. The Balaban J connectivity index is 3.17. The van der Waals surface area contributed by atoms with Crippen LogP contribution in [0.5, 0.6) is 5.75 Å². The van der Waals surface area contributed by atoms with E-state index in [1.54, 1.807) is 18.2 Å². The van der Waals surface area contributed by atoms with Crippen LogP contribution >= 0.6 is 22.6 Å². The second-order valence-corrected chi connectivity index (χ2v) is 3.91. The number of ketones is 1. The maximum absolute atomic E-state index is 11.5. The molecule has 0 aliphatic rings. The predicted molar refractivity (Wildman–Crippen MR) is 62.1 cm³/mol. The standard InChI is InChI=1S/C10H9IO4/c1-14-8-4-3-6(11)5-7(8)9(12)10(13)15-2/h3-5H,1-2H3. The lowest BCUT2D eigenvalue weighted by atomic mass is 10.1. The molecule has 4 nitrogen and oxygen atoms in total. The number of ether oxygens (including phenoxy) is 2. The summed E-state index contributed by atoms with van der Waals surface area (Å²) < 4.78 is 10.2. The van der Waals surface area contributed by atoms with Crippen molar-refractivity contribution in [2.45, 2.75) is 0 Å². The Morgan fingerprint density at radius 1 is 1.27 bits per heavy atom. The van der Waals surface area contributed by atoms with Gasteiger partial charge in [0.25, 0.3) is 5.78 Å². The summed E-state index contributed by atoms with van der Waals surface area (Å²) in [5.74, 6) is -1.23. The highest BCUT2D eigenvalue weighted by Gasteiger charge is 2.20. The van der Waals surface area contributed by atoms with E-state index >= 15 is 0 Å². The lowest BCUT2D eigenvalue weighted by Crippen LogP contribution is -2.16. The van der Waals surface area contributed by atoms with Gasteiger partial charge in [0.2, 0.25) is 0 Å². The Kier molecular flexibility index (Phi) is 4.07. The minimum Gasteiger partial charge on any atom is -0.496 e. The summed E-state index contributed by atoms with van der Waals surface area (Å²) in [6.45, 7) is 0. The molecule has 0 heterocycles. The number of hydrogen-bond acceptors (Lipinski definition) is 4. The number of Topliss-reactive ketones (excluding diaryl/α,β-unsaturated/α-hetero) is 1. The summed E-state index contributed by atoms with van der Waals surface area (Å²) in [4.78, 5) is 22.6. The normalized spacial score (nSPS) is 9.53. The van der Waals surface area contributed by atoms with E-state index in [1.165, 1.54) is 14.2 Å². The van der Waals surface area contributed by atoms with E-state index in [0.717, 1.165) is 3.57 Å². The topological polar surface area (TPSA) is 52.6 Å². The molecule has 80 valence electrons. The Labute approximate surface area is 101 Å². The van der Waals surface area contributed by atoms with Gasteiger partial charge in [0.05, 0.1) is 19.8 Å². The number of hydrogen-bond donors (Lipinski definition) is 0. The average Bonchev–Trinajstić information content (AvgIpc) is 2.27. The van der Waals surface area contributed by atoms with Gasteiger partial charge in [-0.2, -0.15) is 0 Å². The van der Waals surface area contributed by atoms with Gasteiger partial charge in [-0.1, -0.05) is 0 Å². The number of carbonyl (C=O) groups is 2. The minimum absolute atomic E-state index is 0.219. The van der Waals surface area contributed by atoms with E-state index in [4.69, 9.17) is 4.74 Å². The predicted octanol–water partition coefficient (Wildman–Crippen LogP) is 1.66. The fourth-order valence-electron chi connectivity index (χ4n) is 1.06. The van der Waals surface area contributed by atoms with Gasteiger partial charge in [-0.05, 0) is 40.8 Å². The molecule has 0 bridgehead atoms. The molecule has 1 aromatic carbocycles. The van der Waals surface area contributed by atoms with Crippen LogP contribution in [0.25, 0.3) is 0 Å². The first-order valence-electron chi connectivity index (χ1n) is 4.06. The zero-order valence-electron chi connectivity index (χ0n) is 8.24. The highest BCUT2D eigenvalue weighted by atomic mass is 127. The van der Waals surface area contributed by atoms with Crippen molar-refractivity contribution in [3.8, 4) is 5.75 Å². The van der Waals surface area contributed by atoms with E-state index in [2.05, 4.69) is 4.74 Å². The van der Waals surface area contributed by atoms with Crippen molar-refractivity contribution in [1.29, 1.82) is 0 Å². The van der Waals surface area contributed by atoms with Gasteiger partial charge in [0.15, 0.2) is 0 Å². The molecule has 0 fully saturated rings. The van der Waals surface area contributed by atoms with Gasteiger partial charge in [-0.15, -0.1) is 0 Å². The zero-order valence-corrected chi connectivity index (χ0v) is 10.4. The van der Waals surface area contributed by atoms with Crippen molar-refractivity contribution in [1.82, 2.24) is 0 Å². The quantitative estimate of drug-likeness (QED) is 0.368. The third kappa shape index (κ3) is 2.68. The molecule has 0 amide bonds. The van der Waals surface area contributed by atoms with Crippen LogP contribution < -0.4 is 4.74 Å². The fraction of sp³-hybridized carbons (Fsp3) is 0.200. The molecule has 0 radical (unpaired) electrons. The average molecular weight is 320 g/mol. The van der Waals surface area contributed by atoms with Crippen molar-refractivity contribution in [3.05, 3.63) is 27.3 Å². The number of benzene rings is 1. The number of halogens is 1. The van der Waals surface area contributed by atoms with Crippen molar-refractivity contribution in [2.24, 2.45) is 0 Å². The third-order valence-electron chi connectivity index (χ3n) is 1.78. The van der Waals surface area contributed by atoms with Gasteiger partial charge >= 0.3 is 5.97 Å². The van der Waals surface area contributed by atoms with Gasteiger partial charge < -0.3 is 9.47 Å². The minimum atomic E-state index is -0.893. The van der Waals surface area contributed by atoms with Crippen molar-refractivity contribution < 1.29 is 19.1 Å². The van der Waals surface area contributed by atoms with Crippen molar-refractivity contribution >= 4 is 34.3 Å². The van der Waals surface area contributed by atoms with E-state index in [1.807, 2.05) is 22.6 Å². The maximum atomic E-state index is 11.5. The van der Waals surface area contributed by atoms with E-state index in [9.17, 15) is 9.59 Å². The molecule has 0 unspecified atom stereocenters. The molecule has 15 heavy (non-hydrogen) atoms. The third-order valence-corrected chi connectivity index (χ3v) is 2.45. The molecule has 0 saturated carbocycles. The Morgan fingerprint density at radius 3 is 2.47 bits per heavy atom. The molecule has 0 aromatic heterocycles. The fourth-order valence-corrected chi connectivity index (χ4v) is 1.55. The first kappa shape index (κ1) is 12.0. The van der Waals surface area contributed by atoms with E-state index in [-0.39, 0.29) is 5.56 Å². The largest absolute Gasteiger partial charge is 0.496 e. The van der Waals surface area contributed by atoms with Crippen LogP contribution in [-0.2, 0) is 9.53 Å². The Bertz CT molecular complexity index is 400. The van der Waals surface area contributed by atoms with Crippen LogP contribution in [-0.4, -0.2) is 26.0 Å². The molecule has 0 aliphatic carbocycles. The lowest BCUT2D eigenvalue weighted by Gasteiger charge is -2.06. The van der Waals surface area contributed by atoms with Gasteiger partial charge in [-0.3, -0.25) is 4.79 Å². The second-order valence-electron chi connectivity index (χ2n) is 2.67. The molecule has 0 saturated heterocycles.